The molecular formula is C20H27F3N2O4. The van der Waals surface area contributed by atoms with E-state index in [0.29, 0.717) is 51.4 Å². The Hall–Kier alpha value is -1.84. The molecule has 0 aliphatic carbocycles. The lowest BCUT2D eigenvalue weighted by molar-refractivity contribution is -0.143. The minimum absolute atomic E-state index is 0.0737. The SMILES string of the molecule is O=C(NCC(F)(F)F)[C@@H]1CN(Cc2cccc(OCCO)c2)CC12CCOCC2. The molecule has 9 heteroatoms. The Labute approximate surface area is 168 Å². The van der Waals surface area contributed by atoms with E-state index >= 15 is 0 Å². The highest BCUT2D eigenvalue weighted by Gasteiger charge is 2.50. The van der Waals surface area contributed by atoms with Crippen molar-refractivity contribution in [2.45, 2.75) is 25.6 Å². The summed E-state index contributed by atoms with van der Waals surface area (Å²) in [6.45, 7) is 1.48. The summed E-state index contributed by atoms with van der Waals surface area (Å²) in [4.78, 5) is 14.7. The average Bonchev–Trinajstić information content (AvgIpc) is 3.02. The predicted molar refractivity (Wildman–Crippen MR) is 99.3 cm³/mol. The minimum Gasteiger partial charge on any atom is -0.491 e. The summed E-state index contributed by atoms with van der Waals surface area (Å²) in [6, 6.07) is 7.48. The lowest BCUT2D eigenvalue weighted by Gasteiger charge is -2.37. The van der Waals surface area contributed by atoms with Crippen molar-refractivity contribution in [2.24, 2.45) is 11.3 Å². The third-order valence-corrected chi connectivity index (χ3v) is 5.65. The van der Waals surface area contributed by atoms with Crippen LogP contribution in [0, 0.1) is 11.3 Å². The smallest absolute Gasteiger partial charge is 0.405 e. The molecule has 6 nitrogen and oxygen atoms in total. The summed E-state index contributed by atoms with van der Waals surface area (Å²) >= 11 is 0. The molecule has 2 heterocycles. The lowest BCUT2D eigenvalue weighted by atomic mass is 9.72. The number of alkyl halides is 3. The fourth-order valence-electron chi connectivity index (χ4n) is 4.30. The summed E-state index contributed by atoms with van der Waals surface area (Å²) in [6.07, 6.45) is -3.10. The first-order valence-corrected chi connectivity index (χ1v) is 9.78. The van der Waals surface area contributed by atoms with Crippen molar-refractivity contribution in [3.8, 4) is 5.75 Å². The quantitative estimate of drug-likeness (QED) is 0.711. The number of nitrogens with one attached hydrogen (secondary N) is 1. The van der Waals surface area contributed by atoms with Crippen LogP contribution in [-0.4, -0.2) is 68.2 Å². The van der Waals surface area contributed by atoms with Crippen molar-refractivity contribution >= 4 is 5.91 Å². The number of halogens is 3. The van der Waals surface area contributed by atoms with Crippen LogP contribution in [0.2, 0.25) is 0 Å². The first-order valence-electron chi connectivity index (χ1n) is 9.78. The lowest BCUT2D eigenvalue weighted by Crippen LogP contribution is -2.46. The molecule has 1 spiro atoms. The molecule has 2 aliphatic heterocycles. The van der Waals surface area contributed by atoms with E-state index in [0.717, 1.165) is 5.56 Å². The van der Waals surface area contributed by atoms with Crippen LogP contribution >= 0.6 is 0 Å². The number of aliphatic hydroxyl groups is 1. The summed E-state index contributed by atoms with van der Waals surface area (Å²) < 4.78 is 48.5. The van der Waals surface area contributed by atoms with Gasteiger partial charge in [0.05, 0.1) is 12.5 Å². The predicted octanol–water partition coefficient (Wildman–Crippen LogP) is 1.96. The molecule has 29 heavy (non-hydrogen) atoms. The highest BCUT2D eigenvalue weighted by Crippen LogP contribution is 2.45. The molecule has 0 aromatic heterocycles. The Morgan fingerprint density at radius 1 is 1.34 bits per heavy atom. The van der Waals surface area contributed by atoms with Crippen molar-refractivity contribution in [3.63, 3.8) is 0 Å². The molecule has 1 aromatic carbocycles. The van der Waals surface area contributed by atoms with Gasteiger partial charge in [-0.1, -0.05) is 12.1 Å². The zero-order valence-corrected chi connectivity index (χ0v) is 16.2. The van der Waals surface area contributed by atoms with Gasteiger partial charge in [-0.25, -0.2) is 0 Å². The molecule has 0 radical (unpaired) electrons. The van der Waals surface area contributed by atoms with E-state index in [1.165, 1.54) is 0 Å². The Morgan fingerprint density at radius 2 is 2.10 bits per heavy atom. The van der Waals surface area contributed by atoms with Gasteiger partial charge in [0.15, 0.2) is 0 Å². The van der Waals surface area contributed by atoms with Gasteiger partial charge in [0.1, 0.15) is 18.9 Å². The van der Waals surface area contributed by atoms with E-state index in [1.54, 1.807) is 6.07 Å². The summed E-state index contributed by atoms with van der Waals surface area (Å²) in [7, 11) is 0. The van der Waals surface area contributed by atoms with Gasteiger partial charge in [-0.2, -0.15) is 13.2 Å². The number of rotatable bonds is 7. The van der Waals surface area contributed by atoms with Crippen molar-refractivity contribution in [2.75, 3.05) is 46.1 Å². The number of carbonyl (C=O) groups is 1. The van der Waals surface area contributed by atoms with Gasteiger partial charge < -0.3 is 19.9 Å². The largest absolute Gasteiger partial charge is 0.491 e. The van der Waals surface area contributed by atoms with Crippen LogP contribution < -0.4 is 10.1 Å². The van der Waals surface area contributed by atoms with E-state index in [9.17, 15) is 18.0 Å². The molecule has 0 unspecified atom stereocenters. The van der Waals surface area contributed by atoms with E-state index < -0.39 is 24.5 Å². The van der Waals surface area contributed by atoms with Crippen LogP contribution in [0.4, 0.5) is 13.2 Å². The van der Waals surface area contributed by atoms with Crippen LogP contribution in [0.15, 0.2) is 24.3 Å². The highest BCUT2D eigenvalue weighted by atomic mass is 19.4. The van der Waals surface area contributed by atoms with E-state index in [1.807, 2.05) is 18.2 Å². The van der Waals surface area contributed by atoms with Crippen molar-refractivity contribution in [1.29, 1.82) is 0 Å². The van der Waals surface area contributed by atoms with E-state index in [-0.39, 0.29) is 18.6 Å². The maximum atomic E-state index is 12.6. The number of ether oxygens (including phenoxy) is 2. The second-order valence-electron chi connectivity index (χ2n) is 7.75. The number of likely N-dealkylation sites (tertiary alicyclic amines) is 1. The standard InChI is InChI=1S/C20H27F3N2O4/c21-20(22,23)13-24-18(27)17-12-25(14-19(17)4-7-28-8-5-19)11-15-2-1-3-16(10-15)29-9-6-26/h1-3,10,17,26H,4-9,11-14H2,(H,24,27)/t17-/m0/s1. The van der Waals surface area contributed by atoms with E-state index in [4.69, 9.17) is 14.6 Å². The molecule has 162 valence electrons. The third kappa shape index (κ3) is 5.83. The summed E-state index contributed by atoms with van der Waals surface area (Å²) in [5.41, 5.74) is 0.623. The molecule has 1 atom stereocenters. The molecule has 2 N–H and O–H groups in total. The minimum atomic E-state index is -4.42. The topological polar surface area (TPSA) is 71.0 Å². The zero-order valence-electron chi connectivity index (χ0n) is 16.2. The number of hydrogen-bond donors (Lipinski definition) is 2. The second kappa shape index (κ2) is 9.32. The first-order chi connectivity index (χ1) is 13.8. The fraction of sp³-hybridized carbons (Fsp3) is 0.650. The Kier molecular flexibility index (Phi) is 7.02. The van der Waals surface area contributed by atoms with Crippen LogP contribution in [0.3, 0.4) is 0 Å². The number of amides is 1. The van der Waals surface area contributed by atoms with Crippen LogP contribution in [0.1, 0.15) is 18.4 Å². The molecule has 0 bridgehead atoms. The maximum absolute atomic E-state index is 12.6. The van der Waals surface area contributed by atoms with Gasteiger partial charge in [-0.05, 0) is 30.5 Å². The van der Waals surface area contributed by atoms with Gasteiger partial charge in [0.2, 0.25) is 5.91 Å². The Balaban J connectivity index is 1.69. The molecule has 3 rings (SSSR count). The second-order valence-corrected chi connectivity index (χ2v) is 7.75. The van der Waals surface area contributed by atoms with Crippen molar-refractivity contribution < 1.29 is 32.5 Å². The van der Waals surface area contributed by atoms with Crippen molar-refractivity contribution in [3.05, 3.63) is 29.8 Å². The number of benzene rings is 1. The normalized spacial score (nSPS) is 22.0. The van der Waals surface area contributed by atoms with Gasteiger partial charge in [-0.3, -0.25) is 9.69 Å². The molecule has 0 saturated carbocycles. The monoisotopic (exact) mass is 416 g/mol. The summed E-state index contributed by atoms with van der Waals surface area (Å²) in [5, 5.41) is 11.0. The number of hydrogen-bond acceptors (Lipinski definition) is 5. The number of carbonyl (C=O) groups excluding carboxylic acids is 1. The number of aliphatic hydroxyl groups excluding tert-OH is 1. The number of nitrogens with zero attached hydrogens (tertiary/aromatic N) is 1. The highest BCUT2D eigenvalue weighted by molar-refractivity contribution is 5.80. The van der Waals surface area contributed by atoms with E-state index in [2.05, 4.69) is 10.2 Å². The molecule has 2 saturated heterocycles. The van der Waals surface area contributed by atoms with Crippen LogP contribution in [-0.2, 0) is 16.1 Å². The zero-order chi connectivity index (χ0) is 20.9. The maximum Gasteiger partial charge on any atom is 0.405 e. The van der Waals surface area contributed by atoms with Gasteiger partial charge in [0, 0.05) is 38.3 Å². The third-order valence-electron chi connectivity index (χ3n) is 5.65. The molecule has 1 aromatic rings. The molecule has 1 amide bonds. The van der Waals surface area contributed by atoms with Crippen molar-refractivity contribution in [1.82, 2.24) is 10.2 Å². The first kappa shape index (κ1) is 21.9. The fourth-order valence-corrected chi connectivity index (χ4v) is 4.30. The molecule has 2 fully saturated rings. The Bertz CT molecular complexity index is 693. The summed E-state index contributed by atoms with van der Waals surface area (Å²) in [5.74, 6) is -0.384. The van der Waals surface area contributed by atoms with Crippen LogP contribution in [0.25, 0.3) is 0 Å². The van der Waals surface area contributed by atoms with Crippen LogP contribution in [0.5, 0.6) is 5.75 Å². The Morgan fingerprint density at radius 3 is 2.79 bits per heavy atom. The van der Waals surface area contributed by atoms with Gasteiger partial charge in [0.25, 0.3) is 0 Å². The van der Waals surface area contributed by atoms with Gasteiger partial charge >= 0.3 is 6.18 Å². The molecule has 2 aliphatic rings. The average molecular weight is 416 g/mol. The van der Waals surface area contributed by atoms with Gasteiger partial charge in [-0.15, -0.1) is 0 Å². The molecular weight excluding hydrogens is 389 g/mol.